The van der Waals surface area contributed by atoms with Crippen LogP contribution in [0.4, 0.5) is 0 Å². The molecule has 2 aliphatic carbocycles. The number of carbonyl (C=O) groups excluding carboxylic acids is 6. The molecule has 0 aromatic heterocycles. The fraction of sp³-hybridized carbons (Fsp3) is 0.857. The standard InChI is InChI=1S/C42H72N6O6/c1-14-18-27(30(49)35(52)43-25(2)3)44-34(51)29-23-42(40(12,13)41(42)20-17-21-41)24-48(29)37(54)32(39(9,10)11)46-36(53)31(38(6,7)8)45-33(50)28-19-15-16-22-47(28)26(4)5/h25-29,31-32H,14-24H2,1-13H3,(H,43,52)(H,44,51)(H,45,50)(H,46,53)/t27?,28-,29-,31+,32+,42+/m0/s1. The highest BCUT2D eigenvalue weighted by Gasteiger charge is 2.85. The van der Waals surface area contributed by atoms with E-state index in [2.05, 4.69) is 53.9 Å². The van der Waals surface area contributed by atoms with Crippen LogP contribution >= 0.6 is 0 Å². The van der Waals surface area contributed by atoms with Gasteiger partial charge in [0.1, 0.15) is 18.1 Å². The minimum Gasteiger partial charge on any atom is -0.347 e. The highest BCUT2D eigenvalue weighted by Crippen LogP contribution is 2.88. The molecule has 2 saturated heterocycles. The number of nitrogens with one attached hydrogen (secondary N) is 4. The minimum atomic E-state index is -1.02. The van der Waals surface area contributed by atoms with Crippen LogP contribution in [0.2, 0.25) is 0 Å². The maximum absolute atomic E-state index is 15.0. The Morgan fingerprint density at radius 2 is 1.33 bits per heavy atom. The Bertz CT molecular complexity index is 1460. The minimum absolute atomic E-state index is 0.0222. The van der Waals surface area contributed by atoms with E-state index in [1.54, 1.807) is 18.7 Å². The number of nitrogens with zero attached hydrogens (tertiary/aromatic N) is 2. The molecule has 4 fully saturated rings. The lowest BCUT2D eigenvalue weighted by atomic mass is 9.73. The number of piperidine rings is 1. The van der Waals surface area contributed by atoms with Gasteiger partial charge in [-0.25, -0.2) is 0 Å². The maximum atomic E-state index is 15.0. The number of hydrogen-bond donors (Lipinski definition) is 4. The molecule has 6 atom stereocenters. The second kappa shape index (κ2) is 15.8. The Morgan fingerprint density at radius 1 is 0.741 bits per heavy atom. The van der Waals surface area contributed by atoms with Crippen LogP contribution in [0, 0.1) is 27.1 Å². The molecule has 306 valence electrons. The third-order valence-corrected chi connectivity index (χ3v) is 13.6. The molecule has 54 heavy (non-hydrogen) atoms. The number of ketones is 1. The van der Waals surface area contributed by atoms with Crippen LogP contribution in [0.15, 0.2) is 0 Å². The van der Waals surface area contributed by atoms with Gasteiger partial charge in [-0.05, 0) is 94.4 Å². The van der Waals surface area contributed by atoms with E-state index in [9.17, 15) is 24.0 Å². The van der Waals surface area contributed by atoms with Crippen molar-refractivity contribution in [3.8, 4) is 0 Å². The van der Waals surface area contributed by atoms with E-state index in [1.165, 1.54) is 0 Å². The van der Waals surface area contributed by atoms with E-state index < -0.39 is 58.5 Å². The fourth-order valence-corrected chi connectivity index (χ4v) is 10.2. The summed E-state index contributed by atoms with van der Waals surface area (Å²) in [6, 6.07) is -4.23. The third kappa shape index (κ3) is 8.10. The van der Waals surface area contributed by atoms with Crippen LogP contribution in [0.5, 0.6) is 0 Å². The first-order valence-electron chi connectivity index (χ1n) is 20.7. The van der Waals surface area contributed by atoms with Gasteiger partial charge in [0.2, 0.25) is 29.4 Å². The zero-order valence-electron chi connectivity index (χ0n) is 35.7. The molecule has 12 heteroatoms. The summed E-state index contributed by atoms with van der Waals surface area (Å²) in [6.07, 6.45) is 7.15. The number of carbonyl (C=O) groups is 6. The van der Waals surface area contributed by atoms with E-state index in [-0.39, 0.29) is 52.6 Å². The molecule has 0 aromatic carbocycles. The van der Waals surface area contributed by atoms with Gasteiger partial charge in [-0.3, -0.25) is 33.7 Å². The summed E-state index contributed by atoms with van der Waals surface area (Å²) in [7, 11) is 0. The van der Waals surface area contributed by atoms with Crippen LogP contribution in [0.25, 0.3) is 0 Å². The van der Waals surface area contributed by atoms with Crippen LogP contribution in [-0.2, 0) is 28.8 Å². The number of rotatable bonds is 13. The summed E-state index contributed by atoms with van der Waals surface area (Å²) >= 11 is 0. The van der Waals surface area contributed by atoms with Crippen LogP contribution < -0.4 is 21.3 Å². The molecule has 2 heterocycles. The topological polar surface area (TPSA) is 157 Å². The summed E-state index contributed by atoms with van der Waals surface area (Å²) in [6.45, 7) is 26.6. The molecule has 0 radical (unpaired) electrons. The van der Waals surface area contributed by atoms with Gasteiger partial charge >= 0.3 is 0 Å². The fourth-order valence-electron chi connectivity index (χ4n) is 10.2. The van der Waals surface area contributed by atoms with Crippen molar-refractivity contribution in [2.24, 2.45) is 27.1 Å². The Hall–Kier alpha value is -3.02. The summed E-state index contributed by atoms with van der Waals surface area (Å²) in [5.74, 6) is -2.90. The SMILES string of the molecule is CCCC(NC(=O)[C@@H]1C[C@@]2(CN1C(=O)[C@@H](NC(=O)[C@@H](NC(=O)[C@@H]1CCCCN1C(C)C)C(C)(C)C)C(C)(C)C)C(C)(C)C21CCC1)C(=O)C(=O)NC(C)C. The molecule has 2 saturated carbocycles. The lowest BCUT2D eigenvalue weighted by Gasteiger charge is -2.40. The van der Waals surface area contributed by atoms with Crippen LogP contribution in [0.1, 0.15) is 148 Å². The van der Waals surface area contributed by atoms with Crippen molar-refractivity contribution in [2.45, 2.75) is 190 Å². The maximum Gasteiger partial charge on any atom is 0.289 e. The zero-order valence-corrected chi connectivity index (χ0v) is 35.7. The summed E-state index contributed by atoms with van der Waals surface area (Å²) in [4.78, 5) is 87.5. The van der Waals surface area contributed by atoms with Gasteiger partial charge in [0.05, 0.1) is 12.1 Å². The van der Waals surface area contributed by atoms with E-state index in [0.29, 0.717) is 19.4 Å². The smallest absolute Gasteiger partial charge is 0.289 e. The molecule has 12 nitrogen and oxygen atoms in total. The Balaban J connectivity index is 1.64. The van der Waals surface area contributed by atoms with Gasteiger partial charge in [0, 0.05) is 24.0 Å². The zero-order chi connectivity index (χ0) is 40.8. The highest BCUT2D eigenvalue weighted by atomic mass is 16.2. The van der Waals surface area contributed by atoms with Crippen molar-refractivity contribution < 1.29 is 28.8 Å². The van der Waals surface area contributed by atoms with Crippen molar-refractivity contribution >= 4 is 35.3 Å². The molecule has 2 spiro atoms. The lowest BCUT2D eigenvalue weighted by molar-refractivity contribution is -0.146. The van der Waals surface area contributed by atoms with Gasteiger partial charge in [-0.15, -0.1) is 0 Å². The number of amides is 5. The molecule has 4 N–H and O–H groups in total. The molecule has 4 rings (SSSR count). The Labute approximate surface area is 324 Å². The van der Waals surface area contributed by atoms with Gasteiger partial charge in [-0.1, -0.05) is 81.6 Å². The first kappa shape index (κ1) is 43.7. The first-order chi connectivity index (χ1) is 24.9. The van der Waals surface area contributed by atoms with Crippen molar-refractivity contribution in [1.82, 2.24) is 31.1 Å². The lowest BCUT2D eigenvalue weighted by Crippen LogP contribution is -2.64. The second-order valence-corrected chi connectivity index (χ2v) is 20.1. The van der Waals surface area contributed by atoms with Crippen molar-refractivity contribution in [3.63, 3.8) is 0 Å². The number of likely N-dealkylation sites (tertiary alicyclic amines) is 2. The number of fused-ring (bicyclic) bond motifs is 1. The Kier molecular flexibility index (Phi) is 12.8. The van der Waals surface area contributed by atoms with Crippen LogP contribution in [-0.4, -0.2) is 101 Å². The van der Waals surface area contributed by atoms with Gasteiger partial charge in [-0.2, -0.15) is 0 Å². The van der Waals surface area contributed by atoms with Gasteiger partial charge in [0.15, 0.2) is 0 Å². The van der Waals surface area contributed by atoms with Crippen LogP contribution in [0.3, 0.4) is 0 Å². The summed E-state index contributed by atoms with van der Waals surface area (Å²) in [5, 5.41) is 11.7. The number of Topliss-reactive ketones (excluding diaryl/α,β-unsaturated/α-hetero) is 1. The predicted octanol–water partition coefficient (Wildman–Crippen LogP) is 4.49. The largest absolute Gasteiger partial charge is 0.347 e. The molecule has 1 unspecified atom stereocenters. The monoisotopic (exact) mass is 757 g/mol. The van der Waals surface area contributed by atoms with Gasteiger partial charge < -0.3 is 26.2 Å². The van der Waals surface area contributed by atoms with Crippen molar-refractivity contribution in [2.75, 3.05) is 13.1 Å². The van der Waals surface area contributed by atoms with Gasteiger partial charge in [0.25, 0.3) is 5.91 Å². The molecular weight excluding hydrogens is 684 g/mol. The number of hydrogen-bond acceptors (Lipinski definition) is 7. The average Bonchev–Trinajstić information content (AvgIpc) is 3.26. The molecule has 0 aromatic rings. The first-order valence-corrected chi connectivity index (χ1v) is 20.7. The normalized spacial score (nSPS) is 26.5. The molecule has 5 amide bonds. The van der Waals surface area contributed by atoms with E-state index in [0.717, 1.165) is 45.1 Å². The molecule has 2 aliphatic heterocycles. The second-order valence-electron chi connectivity index (χ2n) is 20.1. The van der Waals surface area contributed by atoms with E-state index in [1.807, 2.05) is 48.5 Å². The average molecular weight is 757 g/mol. The highest BCUT2D eigenvalue weighted by molar-refractivity contribution is 6.38. The molecule has 4 aliphatic rings. The Morgan fingerprint density at radius 3 is 1.81 bits per heavy atom. The van der Waals surface area contributed by atoms with E-state index >= 15 is 4.79 Å². The van der Waals surface area contributed by atoms with E-state index in [4.69, 9.17) is 0 Å². The van der Waals surface area contributed by atoms with Crippen molar-refractivity contribution in [3.05, 3.63) is 0 Å². The molecular formula is C42H72N6O6. The quantitative estimate of drug-likeness (QED) is 0.202. The summed E-state index contributed by atoms with van der Waals surface area (Å²) < 4.78 is 0. The predicted molar refractivity (Wildman–Crippen MR) is 210 cm³/mol. The third-order valence-electron chi connectivity index (χ3n) is 13.6. The summed E-state index contributed by atoms with van der Waals surface area (Å²) in [5.41, 5.74) is -1.79. The molecule has 0 bridgehead atoms. The van der Waals surface area contributed by atoms with Crippen molar-refractivity contribution in [1.29, 1.82) is 0 Å².